The van der Waals surface area contributed by atoms with Crippen LogP contribution in [0, 0.1) is 0 Å². The smallest absolute Gasteiger partial charge is 0.194 e. The lowest BCUT2D eigenvalue weighted by Crippen LogP contribution is -2.43. The summed E-state index contributed by atoms with van der Waals surface area (Å²) in [4.78, 5) is 8.24. The molecule has 5 nitrogen and oxygen atoms in total. The van der Waals surface area contributed by atoms with Crippen LogP contribution >= 0.6 is 12.2 Å². The summed E-state index contributed by atoms with van der Waals surface area (Å²) in [5, 5.41) is 6.39. The van der Waals surface area contributed by atoms with Gasteiger partial charge in [0.2, 0.25) is 0 Å². The van der Waals surface area contributed by atoms with E-state index >= 15 is 0 Å². The molecule has 0 aromatic carbocycles. The second-order valence-electron chi connectivity index (χ2n) is 3.67. The summed E-state index contributed by atoms with van der Waals surface area (Å²) in [6.45, 7) is 3.33. The third-order valence-corrected chi connectivity index (χ3v) is 2.44. The molecule has 0 spiro atoms. The topological polar surface area (TPSA) is 75.3 Å². The van der Waals surface area contributed by atoms with Crippen LogP contribution in [0.5, 0.6) is 0 Å². The van der Waals surface area contributed by atoms with E-state index in [9.17, 15) is 0 Å². The predicted molar refractivity (Wildman–Crippen MR) is 78.5 cm³/mol. The highest BCUT2D eigenvalue weighted by Gasteiger charge is 1.97. The molecule has 0 radical (unpaired) electrons. The van der Waals surface area contributed by atoms with Crippen LogP contribution in [-0.2, 0) is 6.42 Å². The number of thiocarbonyl (C=S) groups is 1. The van der Waals surface area contributed by atoms with Gasteiger partial charge in [-0.25, -0.2) is 0 Å². The average Bonchev–Trinajstić information content (AvgIpc) is 2.36. The number of aliphatic imine (C=N–C) groups is 1. The van der Waals surface area contributed by atoms with Crippen LogP contribution in [0.3, 0.4) is 0 Å². The maximum Gasteiger partial charge on any atom is 0.194 e. The molecule has 0 bridgehead atoms. The number of guanidine groups is 1. The number of rotatable bonds is 5. The van der Waals surface area contributed by atoms with Crippen molar-refractivity contribution >= 4 is 23.3 Å². The summed E-state index contributed by atoms with van der Waals surface area (Å²) in [5.74, 6) is 0.347. The Bertz CT molecular complexity index is 391. The Kier molecular flexibility index (Phi) is 6.71. The molecule has 0 atom stereocenters. The number of aromatic nitrogens is 1. The summed E-state index contributed by atoms with van der Waals surface area (Å²) >= 11 is 5.08. The van der Waals surface area contributed by atoms with E-state index in [-0.39, 0.29) is 0 Å². The molecule has 0 amide bonds. The van der Waals surface area contributed by atoms with Gasteiger partial charge < -0.3 is 16.4 Å². The van der Waals surface area contributed by atoms with Crippen molar-refractivity contribution < 1.29 is 0 Å². The molecule has 0 aliphatic heterocycles. The molecular weight excluding hydrogens is 246 g/mol. The maximum atomic E-state index is 5.58. The van der Waals surface area contributed by atoms with Crippen molar-refractivity contribution in [1.29, 1.82) is 0 Å². The molecule has 1 aromatic heterocycles. The third kappa shape index (κ3) is 6.15. The first-order chi connectivity index (χ1) is 8.72. The Hall–Kier alpha value is -1.69. The first kappa shape index (κ1) is 14.4. The normalized spacial score (nSPS) is 11.1. The monoisotopic (exact) mass is 265 g/mol. The molecule has 0 saturated heterocycles. The molecule has 0 saturated carbocycles. The molecule has 6 heteroatoms. The fraction of sp³-hybridized carbons (Fsp3) is 0.417. The van der Waals surface area contributed by atoms with Crippen LogP contribution in [0.4, 0.5) is 0 Å². The van der Waals surface area contributed by atoms with Crippen molar-refractivity contribution in [3.05, 3.63) is 30.1 Å². The van der Waals surface area contributed by atoms with E-state index in [1.54, 1.807) is 6.20 Å². The maximum absolute atomic E-state index is 5.58. The standard InChI is InChI=1S/C12H19N5S/c1-2-14-11(13)17-12(18)16-9-5-7-10-6-3-4-8-15-10/h3-4,6,8H,2,5,7,9H2,1H3,(H4,13,14,16,17,18). The molecule has 0 unspecified atom stereocenters. The SMILES string of the molecule is CCN=C(N)NC(=S)NCCCc1ccccn1. The van der Waals surface area contributed by atoms with E-state index in [0.717, 1.165) is 25.1 Å². The Morgan fingerprint density at radius 1 is 1.50 bits per heavy atom. The molecule has 1 rings (SSSR count). The highest BCUT2D eigenvalue weighted by molar-refractivity contribution is 7.80. The molecular formula is C12H19N5S. The molecule has 0 aliphatic carbocycles. The van der Waals surface area contributed by atoms with Gasteiger partial charge in [-0.2, -0.15) is 0 Å². The third-order valence-electron chi connectivity index (χ3n) is 2.19. The molecule has 4 N–H and O–H groups in total. The largest absolute Gasteiger partial charge is 0.370 e. The zero-order valence-corrected chi connectivity index (χ0v) is 11.3. The van der Waals surface area contributed by atoms with Crippen LogP contribution < -0.4 is 16.4 Å². The van der Waals surface area contributed by atoms with Gasteiger partial charge in [-0.3, -0.25) is 9.98 Å². The number of hydrogen-bond donors (Lipinski definition) is 3. The van der Waals surface area contributed by atoms with Crippen LogP contribution in [0.2, 0.25) is 0 Å². The van der Waals surface area contributed by atoms with Gasteiger partial charge in [0.05, 0.1) is 0 Å². The van der Waals surface area contributed by atoms with Crippen LogP contribution in [0.15, 0.2) is 29.4 Å². The van der Waals surface area contributed by atoms with Crippen LogP contribution in [-0.4, -0.2) is 29.1 Å². The lowest BCUT2D eigenvalue weighted by atomic mass is 10.2. The fourth-order valence-corrected chi connectivity index (χ4v) is 1.59. The average molecular weight is 265 g/mol. The minimum Gasteiger partial charge on any atom is -0.370 e. The number of nitrogens with one attached hydrogen (secondary N) is 2. The lowest BCUT2D eigenvalue weighted by molar-refractivity contribution is 0.757. The first-order valence-electron chi connectivity index (χ1n) is 5.97. The van der Waals surface area contributed by atoms with E-state index in [4.69, 9.17) is 18.0 Å². The Balaban J connectivity index is 2.14. The number of hydrogen-bond acceptors (Lipinski definition) is 3. The fourth-order valence-electron chi connectivity index (χ4n) is 1.39. The van der Waals surface area contributed by atoms with Crippen molar-refractivity contribution in [3.8, 4) is 0 Å². The Morgan fingerprint density at radius 3 is 3.00 bits per heavy atom. The van der Waals surface area contributed by atoms with Gasteiger partial charge in [-0.05, 0) is 44.1 Å². The molecule has 0 fully saturated rings. The molecule has 98 valence electrons. The van der Waals surface area contributed by atoms with E-state index in [2.05, 4.69) is 20.6 Å². The zero-order valence-electron chi connectivity index (χ0n) is 10.5. The summed E-state index contributed by atoms with van der Waals surface area (Å²) in [6, 6.07) is 5.92. The summed E-state index contributed by atoms with van der Waals surface area (Å²) < 4.78 is 0. The van der Waals surface area contributed by atoms with Crippen LogP contribution in [0.25, 0.3) is 0 Å². The number of nitrogens with two attached hydrogens (primary N) is 1. The molecule has 1 aromatic rings. The van der Waals surface area contributed by atoms with Crippen molar-refractivity contribution in [3.63, 3.8) is 0 Å². The Morgan fingerprint density at radius 2 is 2.33 bits per heavy atom. The van der Waals surface area contributed by atoms with Gasteiger partial charge in [0, 0.05) is 25.0 Å². The van der Waals surface area contributed by atoms with Crippen LogP contribution in [0.1, 0.15) is 19.0 Å². The van der Waals surface area contributed by atoms with Gasteiger partial charge in [0.15, 0.2) is 11.1 Å². The molecule has 18 heavy (non-hydrogen) atoms. The first-order valence-corrected chi connectivity index (χ1v) is 6.38. The van der Waals surface area contributed by atoms with Gasteiger partial charge in [-0.1, -0.05) is 6.07 Å². The molecule has 1 heterocycles. The number of pyridine rings is 1. The number of aryl methyl sites for hydroxylation is 1. The summed E-state index contributed by atoms with van der Waals surface area (Å²) in [7, 11) is 0. The number of nitrogens with zero attached hydrogens (tertiary/aromatic N) is 2. The van der Waals surface area contributed by atoms with Crippen molar-refractivity contribution in [2.45, 2.75) is 19.8 Å². The highest BCUT2D eigenvalue weighted by Crippen LogP contribution is 1.96. The zero-order chi connectivity index (χ0) is 13.2. The van der Waals surface area contributed by atoms with E-state index in [0.29, 0.717) is 17.6 Å². The van der Waals surface area contributed by atoms with Crippen molar-refractivity contribution in [2.24, 2.45) is 10.7 Å². The second-order valence-corrected chi connectivity index (χ2v) is 4.07. The highest BCUT2D eigenvalue weighted by atomic mass is 32.1. The van der Waals surface area contributed by atoms with E-state index < -0.39 is 0 Å². The Labute approximate surface area is 113 Å². The lowest BCUT2D eigenvalue weighted by Gasteiger charge is -2.09. The summed E-state index contributed by atoms with van der Waals surface area (Å²) in [5.41, 5.74) is 6.67. The van der Waals surface area contributed by atoms with Gasteiger partial charge in [0.25, 0.3) is 0 Å². The predicted octanol–water partition coefficient (Wildman–Crippen LogP) is 0.813. The quantitative estimate of drug-likeness (QED) is 0.318. The molecule has 0 aliphatic rings. The van der Waals surface area contributed by atoms with Gasteiger partial charge in [0.1, 0.15) is 0 Å². The minimum absolute atomic E-state index is 0.347. The van der Waals surface area contributed by atoms with Gasteiger partial charge >= 0.3 is 0 Å². The summed E-state index contributed by atoms with van der Waals surface area (Å²) in [6.07, 6.45) is 3.69. The second kappa shape index (κ2) is 8.41. The minimum atomic E-state index is 0.347. The van der Waals surface area contributed by atoms with E-state index in [1.807, 2.05) is 25.1 Å². The van der Waals surface area contributed by atoms with Gasteiger partial charge in [-0.15, -0.1) is 0 Å². The van der Waals surface area contributed by atoms with Crippen molar-refractivity contribution in [1.82, 2.24) is 15.6 Å². The van der Waals surface area contributed by atoms with Crippen molar-refractivity contribution in [2.75, 3.05) is 13.1 Å². The van der Waals surface area contributed by atoms with E-state index in [1.165, 1.54) is 0 Å².